The number of nitrogens with zero attached hydrogens (tertiary/aromatic N) is 1. The lowest BCUT2D eigenvalue weighted by atomic mass is 9.75. The summed E-state index contributed by atoms with van der Waals surface area (Å²) in [7, 11) is 1.63. The van der Waals surface area contributed by atoms with Crippen LogP contribution in [0.4, 0.5) is 0 Å². The first-order valence-corrected chi connectivity index (χ1v) is 13.1. The van der Waals surface area contributed by atoms with Gasteiger partial charge >= 0.3 is 0 Å². The number of aromatic amines is 1. The van der Waals surface area contributed by atoms with Crippen LogP contribution in [0.2, 0.25) is 0 Å². The fourth-order valence-corrected chi connectivity index (χ4v) is 5.32. The van der Waals surface area contributed by atoms with Crippen molar-refractivity contribution in [1.82, 2.24) is 15.2 Å². The van der Waals surface area contributed by atoms with E-state index in [4.69, 9.17) is 14.2 Å². The second kappa shape index (κ2) is 11.3. The van der Waals surface area contributed by atoms with E-state index in [1.165, 1.54) is 0 Å². The van der Waals surface area contributed by atoms with Gasteiger partial charge in [-0.05, 0) is 56.0 Å². The fraction of sp³-hybridized carbons (Fsp3) is 0.448. The molecule has 0 radical (unpaired) electrons. The van der Waals surface area contributed by atoms with Gasteiger partial charge in [-0.15, -0.1) is 0 Å². The second-order valence-corrected chi connectivity index (χ2v) is 10.0. The molecule has 2 aromatic carbocycles. The summed E-state index contributed by atoms with van der Waals surface area (Å²) in [6, 6.07) is 15.1. The topological polar surface area (TPSA) is 92.9 Å². The van der Waals surface area contributed by atoms with E-state index in [2.05, 4.69) is 10.3 Å². The number of hydrogen-bond donors (Lipinski definition) is 2. The standard InChI is InChI=1S/C29H35N3O5/c1-35-22-9-8-21-18-25(31-24(21)19-22)28(34)32-14-11-29(12-15-32)10-4-5-16-36-17-13-30-27(33)23-6-2-3-7-26(23)37-20-29/h2-3,6-9,18-19,31H,4-5,10-17,20H2,1H3,(H,30,33). The SMILES string of the molecule is COc1ccc2cc(C(=O)N3CCC4(CCCCOCCNC(=O)c5ccccc5OC4)CC3)[nH]c2c1. The van der Waals surface area contributed by atoms with Gasteiger partial charge in [0.2, 0.25) is 0 Å². The van der Waals surface area contributed by atoms with Gasteiger partial charge in [-0.3, -0.25) is 9.59 Å². The van der Waals surface area contributed by atoms with Crippen molar-refractivity contribution < 1.29 is 23.8 Å². The number of piperidine rings is 1. The quantitative estimate of drug-likeness (QED) is 0.538. The molecule has 2 amide bonds. The maximum absolute atomic E-state index is 13.3. The molecule has 37 heavy (non-hydrogen) atoms. The number of rotatable bonds is 2. The first-order chi connectivity index (χ1) is 18.1. The lowest BCUT2D eigenvalue weighted by Gasteiger charge is -2.42. The van der Waals surface area contributed by atoms with E-state index in [1.807, 2.05) is 47.4 Å². The fourth-order valence-electron chi connectivity index (χ4n) is 5.32. The Labute approximate surface area is 217 Å². The van der Waals surface area contributed by atoms with Crippen LogP contribution >= 0.6 is 0 Å². The van der Waals surface area contributed by atoms with Gasteiger partial charge in [0.05, 0.1) is 25.9 Å². The third kappa shape index (κ3) is 5.74. The first-order valence-electron chi connectivity index (χ1n) is 13.1. The van der Waals surface area contributed by atoms with Gasteiger partial charge in [0, 0.05) is 48.6 Å². The number of benzene rings is 2. The lowest BCUT2D eigenvalue weighted by Crippen LogP contribution is -2.45. The van der Waals surface area contributed by atoms with Crippen molar-refractivity contribution in [3.05, 3.63) is 59.8 Å². The van der Waals surface area contributed by atoms with E-state index >= 15 is 0 Å². The Hall–Kier alpha value is -3.52. The van der Waals surface area contributed by atoms with E-state index in [0.717, 1.165) is 48.8 Å². The number of hydrogen-bond acceptors (Lipinski definition) is 5. The summed E-state index contributed by atoms with van der Waals surface area (Å²) in [5, 5.41) is 3.90. The van der Waals surface area contributed by atoms with Crippen molar-refractivity contribution in [2.45, 2.75) is 32.1 Å². The van der Waals surface area contributed by atoms with Crippen LogP contribution in [0.25, 0.3) is 10.9 Å². The average molecular weight is 506 g/mol. The highest BCUT2D eigenvalue weighted by molar-refractivity contribution is 5.98. The van der Waals surface area contributed by atoms with Crippen LogP contribution < -0.4 is 14.8 Å². The molecule has 3 aromatic rings. The third-order valence-electron chi connectivity index (χ3n) is 7.61. The van der Waals surface area contributed by atoms with Gasteiger partial charge in [0.25, 0.3) is 11.8 Å². The normalized spacial score (nSPS) is 18.9. The largest absolute Gasteiger partial charge is 0.497 e. The van der Waals surface area contributed by atoms with E-state index in [9.17, 15) is 9.59 Å². The molecule has 1 fully saturated rings. The van der Waals surface area contributed by atoms with Gasteiger partial charge in [0.15, 0.2) is 0 Å². The van der Waals surface area contributed by atoms with E-state index < -0.39 is 0 Å². The Balaban J connectivity index is 1.29. The number of H-pyrrole nitrogens is 1. The van der Waals surface area contributed by atoms with Gasteiger partial charge in [-0.2, -0.15) is 0 Å². The molecule has 3 heterocycles. The molecule has 0 aliphatic carbocycles. The zero-order valence-corrected chi connectivity index (χ0v) is 21.4. The molecule has 5 rings (SSSR count). The van der Waals surface area contributed by atoms with Crippen molar-refractivity contribution in [1.29, 1.82) is 0 Å². The molecule has 8 nitrogen and oxygen atoms in total. The molecule has 1 spiro atoms. The Morgan fingerprint density at radius 3 is 2.70 bits per heavy atom. The van der Waals surface area contributed by atoms with Crippen molar-refractivity contribution in [2.75, 3.05) is 46.6 Å². The maximum atomic E-state index is 13.3. The first kappa shape index (κ1) is 25.1. The highest BCUT2D eigenvalue weighted by Crippen LogP contribution is 2.38. The van der Waals surface area contributed by atoms with Crippen LogP contribution in [0.3, 0.4) is 0 Å². The number of carbonyl (C=O) groups excluding carboxylic acids is 2. The van der Waals surface area contributed by atoms with Gasteiger partial charge < -0.3 is 29.4 Å². The van der Waals surface area contributed by atoms with Crippen molar-refractivity contribution in [3.8, 4) is 11.5 Å². The summed E-state index contributed by atoms with van der Waals surface area (Å²) in [5.41, 5.74) is 1.97. The third-order valence-corrected chi connectivity index (χ3v) is 7.61. The van der Waals surface area contributed by atoms with Gasteiger partial charge in [-0.25, -0.2) is 0 Å². The summed E-state index contributed by atoms with van der Waals surface area (Å²) < 4.78 is 17.3. The Morgan fingerprint density at radius 1 is 1.03 bits per heavy atom. The molecule has 2 aliphatic rings. The van der Waals surface area contributed by atoms with Crippen LogP contribution in [0.15, 0.2) is 48.5 Å². The Bertz CT molecular complexity index is 1250. The molecule has 8 heteroatoms. The lowest BCUT2D eigenvalue weighted by molar-refractivity contribution is 0.0338. The number of likely N-dealkylation sites (tertiary alicyclic amines) is 1. The van der Waals surface area contributed by atoms with Crippen LogP contribution in [0.1, 0.15) is 53.0 Å². The number of carbonyl (C=O) groups is 2. The summed E-state index contributed by atoms with van der Waals surface area (Å²) in [5.74, 6) is 1.22. The van der Waals surface area contributed by atoms with Crippen LogP contribution in [-0.4, -0.2) is 68.3 Å². The number of nitrogens with one attached hydrogen (secondary N) is 2. The minimum atomic E-state index is -0.151. The molecule has 196 valence electrons. The van der Waals surface area contributed by atoms with Gasteiger partial charge in [0.1, 0.15) is 17.2 Å². The van der Waals surface area contributed by atoms with Crippen molar-refractivity contribution >= 4 is 22.7 Å². The predicted molar refractivity (Wildman–Crippen MR) is 141 cm³/mol. The van der Waals surface area contributed by atoms with Crippen molar-refractivity contribution in [3.63, 3.8) is 0 Å². The highest BCUT2D eigenvalue weighted by atomic mass is 16.5. The summed E-state index contributed by atoms with van der Waals surface area (Å²) in [6.07, 6.45) is 4.70. The smallest absolute Gasteiger partial charge is 0.270 e. The molecular formula is C29H35N3O5. The van der Waals surface area contributed by atoms with Crippen LogP contribution in [0.5, 0.6) is 11.5 Å². The zero-order chi connectivity index (χ0) is 25.7. The Kier molecular flexibility index (Phi) is 7.65. The number of ether oxygens (including phenoxy) is 3. The van der Waals surface area contributed by atoms with Gasteiger partial charge in [-0.1, -0.05) is 18.6 Å². The average Bonchev–Trinajstić information content (AvgIpc) is 3.36. The molecule has 1 aromatic heterocycles. The number of methoxy groups -OCH3 is 1. The van der Waals surface area contributed by atoms with E-state index in [-0.39, 0.29) is 17.2 Å². The van der Waals surface area contributed by atoms with Crippen LogP contribution in [-0.2, 0) is 4.74 Å². The minimum Gasteiger partial charge on any atom is -0.497 e. The summed E-state index contributed by atoms with van der Waals surface area (Å²) in [4.78, 5) is 31.2. The molecule has 1 saturated heterocycles. The molecule has 0 bridgehead atoms. The monoisotopic (exact) mass is 505 g/mol. The summed E-state index contributed by atoms with van der Waals surface area (Å²) in [6.45, 7) is 3.51. The predicted octanol–water partition coefficient (Wildman–Crippen LogP) is 4.41. The van der Waals surface area contributed by atoms with E-state index in [0.29, 0.717) is 56.5 Å². The summed E-state index contributed by atoms with van der Waals surface area (Å²) >= 11 is 0. The molecule has 2 aliphatic heterocycles. The van der Waals surface area contributed by atoms with Crippen molar-refractivity contribution in [2.24, 2.45) is 5.41 Å². The molecule has 2 N–H and O–H groups in total. The number of amides is 2. The second-order valence-electron chi connectivity index (χ2n) is 10.0. The number of aromatic nitrogens is 1. The Morgan fingerprint density at radius 2 is 1.86 bits per heavy atom. The highest BCUT2D eigenvalue weighted by Gasteiger charge is 2.37. The molecule has 0 unspecified atom stereocenters. The van der Waals surface area contributed by atoms with Crippen LogP contribution in [0, 0.1) is 5.41 Å². The maximum Gasteiger partial charge on any atom is 0.270 e. The molecule has 0 atom stereocenters. The van der Waals surface area contributed by atoms with E-state index in [1.54, 1.807) is 13.2 Å². The zero-order valence-electron chi connectivity index (χ0n) is 21.4. The molecular weight excluding hydrogens is 470 g/mol. The molecule has 0 saturated carbocycles. The minimum absolute atomic E-state index is 0.0160. The number of fused-ring (bicyclic) bond motifs is 2. The number of para-hydroxylation sites is 1.